The lowest BCUT2D eigenvalue weighted by atomic mass is 10.3. The van der Waals surface area contributed by atoms with Crippen molar-refractivity contribution in [2.24, 2.45) is 0 Å². The van der Waals surface area contributed by atoms with Crippen molar-refractivity contribution >= 4 is 0 Å². The first-order chi connectivity index (χ1) is 3.93. The second-order valence-corrected chi connectivity index (χ2v) is 1.31. The zero-order valence-corrected chi connectivity index (χ0v) is 3.79. The number of para-hydroxylation sites is 1. The van der Waals surface area contributed by atoms with E-state index in [-0.39, 0.29) is 0 Å². The fourth-order valence-corrected chi connectivity index (χ4v) is 0.420. The Kier molecular flexibility index (Phi) is 0.724. The Balaban J connectivity index is 2.83. The van der Waals surface area contributed by atoms with E-state index in [0.717, 1.165) is 0 Å². The monoisotopic (exact) mass is 95.0 g/mol. The van der Waals surface area contributed by atoms with Gasteiger partial charge in [-0.15, -0.1) is 0 Å². The molecule has 0 aliphatic heterocycles. The molecule has 0 amide bonds. The van der Waals surface area contributed by atoms with E-state index in [9.17, 15) is 0 Å². The van der Waals surface area contributed by atoms with Crippen molar-refractivity contribution in [1.29, 1.82) is 1.43 Å². The highest BCUT2D eigenvalue weighted by atomic mass is 16.3. The van der Waals surface area contributed by atoms with Crippen LogP contribution in [0.1, 0.15) is 0 Å². The SMILES string of the molecule is [2H]Oc1ccccc1. The van der Waals surface area contributed by atoms with Crippen LogP contribution in [-0.4, -0.2) is 6.54 Å². The van der Waals surface area contributed by atoms with Crippen molar-refractivity contribution in [3.63, 3.8) is 0 Å². The van der Waals surface area contributed by atoms with Crippen LogP contribution in [0, 0.1) is 0 Å². The maximum atomic E-state index is 6.44. The quantitative estimate of drug-likeness (QED) is 0.558. The Morgan fingerprint density at radius 3 is 2.43 bits per heavy atom. The Bertz CT molecular complexity index is 150. The van der Waals surface area contributed by atoms with E-state index in [1.54, 1.807) is 12.1 Å². The number of hydrogen-bond acceptors (Lipinski definition) is 1. The third kappa shape index (κ3) is 0.929. The summed E-state index contributed by atoms with van der Waals surface area (Å²) in [5.41, 5.74) is 0. The highest BCUT2D eigenvalue weighted by molar-refractivity contribution is 5.18. The zero-order valence-electron chi connectivity index (χ0n) is 4.79. The van der Waals surface area contributed by atoms with E-state index in [0.29, 0.717) is 5.75 Å². The van der Waals surface area contributed by atoms with Gasteiger partial charge in [0.25, 0.3) is 1.43 Å². The minimum Gasteiger partial charge on any atom is -0.508 e. The molecule has 0 heterocycles. The molecule has 0 aromatic heterocycles. The summed E-state index contributed by atoms with van der Waals surface area (Å²) >= 11 is 0. The van der Waals surface area contributed by atoms with Gasteiger partial charge in [-0.25, -0.2) is 0 Å². The third-order valence-electron chi connectivity index (χ3n) is 0.743. The van der Waals surface area contributed by atoms with Gasteiger partial charge in [-0.05, 0) is 12.1 Å². The molecule has 1 aromatic carbocycles. The molecule has 1 N–H and O–H groups in total. The van der Waals surface area contributed by atoms with Crippen molar-refractivity contribution in [3.05, 3.63) is 30.3 Å². The second kappa shape index (κ2) is 1.65. The Morgan fingerprint density at radius 1 is 1.29 bits per heavy atom. The molecule has 0 fully saturated rings. The molecule has 7 heavy (non-hydrogen) atoms. The molecule has 1 aromatic rings. The number of phenols is 1. The van der Waals surface area contributed by atoms with Gasteiger partial charge in [-0.2, -0.15) is 0 Å². The molecule has 0 saturated heterocycles. The molecule has 1 nitrogen and oxygen atoms in total. The molecule has 0 spiro atoms. The lowest BCUT2D eigenvalue weighted by Gasteiger charge is -1.82. The Morgan fingerprint density at radius 2 is 2.00 bits per heavy atom. The van der Waals surface area contributed by atoms with E-state index in [1.165, 1.54) is 0 Å². The summed E-state index contributed by atoms with van der Waals surface area (Å²) in [6.07, 6.45) is 0. The predicted octanol–water partition coefficient (Wildman–Crippen LogP) is 1.39. The highest BCUT2D eigenvalue weighted by Crippen LogP contribution is 2.02. The van der Waals surface area contributed by atoms with Crippen LogP contribution >= 0.6 is 0 Å². The molecule has 0 aliphatic rings. The molecule has 1 rings (SSSR count). The number of rotatable bonds is 1. The minimum absolute atomic E-state index is 0.576. The minimum atomic E-state index is 0.576. The maximum absolute atomic E-state index is 6.44. The van der Waals surface area contributed by atoms with Gasteiger partial charge in [0, 0.05) is 0 Å². The van der Waals surface area contributed by atoms with Crippen LogP contribution < -0.4 is 0 Å². The number of phenolic OH excluding ortho intramolecular Hbond substituents is 1. The van der Waals surface area contributed by atoms with Crippen LogP contribution in [0.5, 0.6) is 5.75 Å². The molecule has 0 saturated carbocycles. The van der Waals surface area contributed by atoms with Crippen LogP contribution in [-0.2, 0) is 0 Å². The summed E-state index contributed by atoms with van der Waals surface area (Å²) in [6, 6.07) is 8.98. The molecule has 0 radical (unpaired) electrons. The Hall–Kier alpha value is -0.980. The van der Waals surface area contributed by atoms with Gasteiger partial charge in [0.15, 0.2) is 0 Å². The standard InChI is InChI=1S/C6H6O/c7-6-4-2-1-3-5-6/h1-5,7H/i/hD. The second-order valence-electron chi connectivity index (χ2n) is 1.31. The van der Waals surface area contributed by atoms with Crippen LogP contribution in [0.2, 0.25) is 0 Å². The van der Waals surface area contributed by atoms with Crippen LogP contribution in [0.4, 0.5) is 0 Å². The summed E-state index contributed by atoms with van der Waals surface area (Å²) in [4.78, 5) is 0. The topological polar surface area (TPSA) is 20.2 Å². The Labute approximate surface area is 43.7 Å². The van der Waals surface area contributed by atoms with E-state index in [4.69, 9.17) is 1.43 Å². The summed E-state index contributed by atoms with van der Waals surface area (Å²) in [5, 5.41) is 4.16. The molecular weight excluding hydrogens is 88.1 g/mol. The van der Waals surface area contributed by atoms with Gasteiger partial charge in [0.2, 0.25) is 0 Å². The smallest absolute Gasteiger partial charge is 0.293 e. The third-order valence-corrected chi connectivity index (χ3v) is 0.743. The number of aromatic hydroxyl groups is 1. The van der Waals surface area contributed by atoms with E-state index in [1.807, 2.05) is 18.2 Å². The van der Waals surface area contributed by atoms with Gasteiger partial charge in [0.1, 0.15) is 5.75 Å². The first-order valence-corrected chi connectivity index (χ1v) is 2.11. The number of benzene rings is 1. The van der Waals surface area contributed by atoms with Crippen molar-refractivity contribution in [2.75, 3.05) is 0 Å². The molecule has 0 aliphatic carbocycles. The fraction of sp³-hybridized carbons (Fsp3) is 0. The maximum Gasteiger partial charge on any atom is 0.293 e. The molecule has 0 atom stereocenters. The van der Waals surface area contributed by atoms with Crippen LogP contribution in [0.25, 0.3) is 0 Å². The van der Waals surface area contributed by atoms with Crippen LogP contribution in [0.3, 0.4) is 0 Å². The lowest BCUT2D eigenvalue weighted by molar-refractivity contribution is 0.475. The molecule has 1 heteroatoms. The first kappa shape index (κ1) is 3.08. The molecule has 36 valence electrons. The van der Waals surface area contributed by atoms with Crippen molar-refractivity contribution in [1.82, 2.24) is 0 Å². The first-order valence-electron chi connectivity index (χ1n) is 2.52. The largest absolute Gasteiger partial charge is 0.508 e. The van der Waals surface area contributed by atoms with Crippen molar-refractivity contribution < 1.29 is 5.11 Å². The van der Waals surface area contributed by atoms with Crippen molar-refractivity contribution in [2.45, 2.75) is 0 Å². The molecule has 0 bridgehead atoms. The molecular formula is C6H6O. The summed E-state index contributed by atoms with van der Waals surface area (Å²) in [6.45, 7) is 0. The van der Waals surface area contributed by atoms with Crippen molar-refractivity contribution in [3.8, 4) is 5.75 Å². The number of hydrogen-bond donors (Lipinski definition) is 1. The van der Waals surface area contributed by atoms with Gasteiger partial charge in [-0.1, -0.05) is 18.2 Å². The highest BCUT2D eigenvalue weighted by Gasteiger charge is 1.74. The van der Waals surface area contributed by atoms with E-state index in [2.05, 4.69) is 5.11 Å². The van der Waals surface area contributed by atoms with E-state index < -0.39 is 0 Å². The summed E-state index contributed by atoms with van der Waals surface area (Å²) < 4.78 is 6.44. The average molecular weight is 95.1 g/mol. The normalized spacial score (nSPS) is 10.0. The van der Waals surface area contributed by atoms with Crippen LogP contribution in [0.15, 0.2) is 30.3 Å². The van der Waals surface area contributed by atoms with E-state index >= 15 is 0 Å². The summed E-state index contributed by atoms with van der Waals surface area (Å²) in [5.74, 6) is 0.576. The molecule has 0 unspecified atom stereocenters. The lowest BCUT2D eigenvalue weighted by Crippen LogP contribution is -1.56. The van der Waals surface area contributed by atoms with Gasteiger partial charge < -0.3 is 5.11 Å². The zero-order chi connectivity index (χ0) is 5.82. The average Bonchev–Trinajstić information content (AvgIpc) is 1.90. The van der Waals surface area contributed by atoms with Gasteiger partial charge in [0.05, 0.1) is 0 Å². The van der Waals surface area contributed by atoms with Gasteiger partial charge >= 0.3 is 0 Å². The van der Waals surface area contributed by atoms with Gasteiger partial charge in [-0.3, -0.25) is 0 Å². The predicted molar refractivity (Wildman–Crippen MR) is 28.1 cm³/mol. The fourth-order valence-electron chi connectivity index (χ4n) is 0.420. The summed E-state index contributed by atoms with van der Waals surface area (Å²) in [7, 11) is 0.